The number of rotatable bonds is 15. The minimum Gasteiger partial charge on any atom is -0.394 e. The minimum absolute atomic E-state index is 0.161. The molecule has 0 aromatic carbocycles. The summed E-state index contributed by atoms with van der Waals surface area (Å²) in [5.74, 6) is -2.58. The summed E-state index contributed by atoms with van der Waals surface area (Å²) in [6.07, 6.45) is -5.42. The SMILES string of the molecule is CCCCC(CCCCC(=O)OS(=O)(=O)O)C(=O)[C@H](O)[C@@H](O)[C@H](O)[C@H](O)CO. The molecule has 0 aromatic rings. The first-order chi connectivity index (χ1) is 12.9. The highest BCUT2D eigenvalue weighted by atomic mass is 32.3. The molecule has 0 radical (unpaired) electrons. The van der Waals surface area contributed by atoms with Crippen LogP contribution in [0.25, 0.3) is 0 Å². The molecule has 1 unspecified atom stereocenters. The predicted octanol–water partition coefficient (Wildman–Crippen LogP) is -1.30. The molecule has 0 aliphatic heterocycles. The zero-order chi connectivity index (χ0) is 21.9. The number of Topliss-reactive ketones (excluding diaryl/α,β-unsaturated/α-hetero) is 1. The molecule has 0 aliphatic carbocycles. The molecule has 0 bridgehead atoms. The molecule has 0 aliphatic rings. The van der Waals surface area contributed by atoms with E-state index < -0.39 is 59.1 Å². The topological polar surface area (TPSA) is 199 Å². The third-order valence-electron chi connectivity index (χ3n) is 4.24. The van der Waals surface area contributed by atoms with Crippen molar-refractivity contribution in [3.05, 3.63) is 0 Å². The van der Waals surface area contributed by atoms with Crippen LogP contribution >= 0.6 is 0 Å². The molecule has 5 atom stereocenters. The summed E-state index contributed by atoms with van der Waals surface area (Å²) >= 11 is 0. The third kappa shape index (κ3) is 10.4. The van der Waals surface area contributed by atoms with Crippen LogP contribution in [0.2, 0.25) is 0 Å². The molecule has 0 amide bonds. The number of unbranched alkanes of at least 4 members (excludes halogenated alkanes) is 2. The molecule has 0 saturated carbocycles. The lowest BCUT2D eigenvalue weighted by atomic mass is 9.86. The molecule has 11 nitrogen and oxygen atoms in total. The first-order valence-corrected chi connectivity index (χ1v) is 10.4. The van der Waals surface area contributed by atoms with E-state index >= 15 is 0 Å². The summed E-state index contributed by atoms with van der Waals surface area (Å²) in [7, 11) is -4.87. The number of aliphatic hydroxyl groups excluding tert-OH is 5. The Morgan fingerprint density at radius 3 is 2.04 bits per heavy atom. The number of carbonyl (C=O) groups is 2. The van der Waals surface area contributed by atoms with Crippen molar-refractivity contribution in [1.82, 2.24) is 0 Å². The van der Waals surface area contributed by atoms with Crippen LogP contribution in [-0.2, 0) is 24.2 Å². The number of aliphatic hydroxyl groups is 5. The number of ketones is 1. The van der Waals surface area contributed by atoms with Gasteiger partial charge < -0.3 is 29.7 Å². The second-order valence-electron chi connectivity index (χ2n) is 6.55. The molecule has 0 heterocycles. The van der Waals surface area contributed by atoms with Gasteiger partial charge in [-0.15, -0.1) is 0 Å². The minimum atomic E-state index is -4.87. The summed E-state index contributed by atoms with van der Waals surface area (Å²) < 4.78 is 33.0. The lowest BCUT2D eigenvalue weighted by Gasteiger charge is -2.27. The third-order valence-corrected chi connectivity index (χ3v) is 4.63. The van der Waals surface area contributed by atoms with Crippen LogP contribution in [-0.4, -0.2) is 81.3 Å². The van der Waals surface area contributed by atoms with Crippen LogP contribution in [0.1, 0.15) is 51.9 Å². The van der Waals surface area contributed by atoms with E-state index in [2.05, 4.69) is 4.18 Å². The van der Waals surface area contributed by atoms with Crippen LogP contribution in [0.3, 0.4) is 0 Å². The number of hydrogen-bond acceptors (Lipinski definition) is 10. The van der Waals surface area contributed by atoms with Crippen molar-refractivity contribution in [1.29, 1.82) is 0 Å². The molecule has 0 spiro atoms. The van der Waals surface area contributed by atoms with Gasteiger partial charge in [-0.1, -0.05) is 26.2 Å². The molecule has 0 rings (SSSR count). The van der Waals surface area contributed by atoms with Gasteiger partial charge in [0.25, 0.3) is 0 Å². The Morgan fingerprint density at radius 1 is 0.964 bits per heavy atom. The van der Waals surface area contributed by atoms with Crippen LogP contribution in [0.15, 0.2) is 0 Å². The van der Waals surface area contributed by atoms with Crippen molar-refractivity contribution in [2.75, 3.05) is 6.61 Å². The monoisotopic (exact) mass is 430 g/mol. The molecule has 6 N–H and O–H groups in total. The van der Waals surface area contributed by atoms with E-state index in [1.165, 1.54) is 0 Å². The normalized spacial score (nSPS) is 17.4. The van der Waals surface area contributed by atoms with E-state index in [-0.39, 0.29) is 19.3 Å². The molecule has 166 valence electrons. The van der Waals surface area contributed by atoms with Gasteiger partial charge in [-0.05, 0) is 19.3 Å². The van der Waals surface area contributed by atoms with Gasteiger partial charge in [0.2, 0.25) is 0 Å². The summed E-state index contributed by atoms with van der Waals surface area (Å²) in [6, 6.07) is 0. The van der Waals surface area contributed by atoms with E-state index in [0.717, 1.165) is 6.42 Å². The number of carbonyl (C=O) groups excluding carboxylic acids is 2. The molecule has 28 heavy (non-hydrogen) atoms. The molecule has 0 aromatic heterocycles. The molecular formula is C16H30O11S. The van der Waals surface area contributed by atoms with E-state index in [1.807, 2.05) is 6.92 Å². The standard InChI is InChI=1S/C16H30O11S/c1-2-3-6-10(7-4-5-8-12(19)27-28(24,25)26)13(20)15(22)16(23)14(21)11(18)9-17/h10-11,14-18,21-23H,2-9H2,1H3,(H,24,25,26)/t10?,11-,14-,15+,16+/m1/s1. The van der Waals surface area contributed by atoms with E-state index in [4.69, 9.17) is 9.66 Å². The zero-order valence-electron chi connectivity index (χ0n) is 15.7. The van der Waals surface area contributed by atoms with Crippen molar-refractivity contribution in [3.8, 4) is 0 Å². The highest BCUT2D eigenvalue weighted by molar-refractivity contribution is 7.81. The summed E-state index contributed by atoms with van der Waals surface area (Å²) in [4.78, 5) is 23.7. The van der Waals surface area contributed by atoms with Crippen LogP contribution in [0.5, 0.6) is 0 Å². The second-order valence-corrected chi connectivity index (χ2v) is 7.57. The van der Waals surface area contributed by atoms with E-state index in [1.54, 1.807) is 0 Å². The second kappa shape index (κ2) is 13.1. The van der Waals surface area contributed by atoms with Gasteiger partial charge in [0.05, 0.1) is 6.61 Å². The van der Waals surface area contributed by atoms with Crippen molar-refractivity contribution >= 4 is 22.2 Å². The van der Waals surface area contributed by atoms with Gasteiger partial charge >= 0.3 is 16.4 Å². The predicted molar refractivity (Wildman–Crippen MR) is 95.2 cm³/mol. The average molecular weight is 430 g/mol. The summed E-state index contributed by atoms with van der Waals surface area (Å²) in [5, 5.41) is 47.6. The number of hydrogen-bond donors (Lipinski definition) is 6. The van der Waals surface area contributed by atoms with Gasteiger partial charge in [-0.3, -0.25) is 14.1 Å². The van der Waals surface area contributed by atoms with Gasteiger partial charge in [-0.25, -0.2) is 0 Å². The fourth-order valence-corrected chi connectivity index (χ4v) is 2.95. The fourth-order valence-electron chi connectivity index (χ4n) is 2.63. The maximum absolute atomic E-state index is 12.5. The molecule has 0 fully saturated rings. The molecule has 0 saturated heterocycles. The van der Waals surface area contributed by atoms with Gasteiger partial charge in [0.1, 0.15) is 24.4 Å². The van der Waals surface area contributed by atoms with E-state index in [9.17, 15) is 38.4 Å². The van der Waals surface area contributed by atoms with Crippen molar-refractivity contribution in [2.24, 2.45) is 5.92 Å². The highest BCUT2D eigenvalue weighted by Crippen LogP contribution is 2.21. The van der Waals surface area contributed by atoms with Crippen molar-refractivity contribution in [3.63, 3.8) is 0 Å². The Morgan fingerprint density at radius 2 is 1.54 bits per heavy atom. The van der Waals surface area contributed by atoms with E-state index in [0.29, 0.717) is 19.3 Å². The quantitative estimate of drug-likeness (QED) is 0.133. The Balaban J connectivity index is 4.74. The Labute approximate surface area is 163 Å². The smallest absolute Gasteiger partial charge is 0.394 e. The average Bonchev–Trinajstić information content (AvgIpc) is 2.62. The van der Waals surface area contributed by atoms with Crippen LogP contribution in [0.4, 0.5) is 0 Å². The van der Waals surface area contributed by atoms with Gasteiger partial charge in [-0.2, -0.15) is 8.42 Å². The largest absolute Gasteiger partial charge is 0.448 e. The van der Waals surface area contributed by atoms with Gasteiger partial charge in [0.15, 0.2) is 5.78 Å². The van der Waals surface area contributed by atoms with Crippen molar-refractivity contribution < 1.29 is 52.3 Å². The van der Waals surface area contributed by atoms with Gasteiger partial charge in [0, 0.05) is 12.3 Å². The first-order valence-electron chi connectivity index (χ1n) is 9.01. The maximum Gasteiger partial charge on any atom is 0.448 e. The van der Waals surface area contributed by atoms with Crippen molar-refractivity contribution in [2.45, 2.75) is 76.3 Å². The summed E-state index contributed by atoms with van der Waals surface area (Å²) in [6.45, 7) is 1.03. The molecule has 12 heteroatoms. The zero-order valence-corrected chi connectivity index (χ0v) is 16.5. The Bertz CT molecular complexity index is 577. The Kier molecular flexibility index (Phi) is 12.6. The summed E-state index contributed by atoms with van der Waals surface area (Å²) in [5.41, 5.74) is 0. The maximum atomic E-state index is 12.5. The van der Waals surface area contributed by atoms with Crippen LogP contribution in [0, 0.1) is 5.92 Å². The lowest BCUT2D eigenvalue weighted by molar-refractivity contribution is -0.151. The lowest BCUT2D eigenvalue weighted by Crippen LogP contribution is -2.50. The Hall–Kier alpha value is -1.15. The highest BCUT2D eigenvalue weighted by Gasteiger charge is 2.36. The molecular weight excluding hydrogens is 400 g/mol. The first kappa shape index (κ1) is 26.9. The fraction of sp³-hybridized carbons (Fsp3) is 0.875. The van der Waals surface area contributed by atoms with Crippen LogP contribution < -0.4 is 0 Å².